The van der Waals surface area contributed by atoms with Gasteiger partial charge in [-0.2, -0.15) is 10.2 Å². The number of H-pyrrole nitrogens is 1. The second-order valence-electron chi connectivity index (χ2n) is 7.48. The summed E-state index contributed by atoms with van der Waals surface area (Å²) in [6.07, 6.45) is 5.14. The Balaban J connectivity index is 1.55. The van der Waals surface area contributed by atoms with Crippen LogP contribution in [-0.4, -0.2) is 32.8 Å². The summed E-state index contributed by atoms with van der Waals surface area (Å²) in [5.41, 5.74) is 12.7. The molecule has 2 aromatic carbocycles. The van der Waals surface area contributed by atoms with E-state index in [9.17, 15) is 14.0 Å². The molecule has 32 heavy (non-hydrogen) atoms. The number of aryl methyl sites for hydroxylation is 1. The fourth-order valence-corrected chi connectivity index (χ4v) is 3.77. The van der Waals surface area contributed by atoms with Gasteiger partial charge in [-0.15, -0.1) is 0 Å². The largest absolute Gasteiger partial charge is 0.354 e. The van der Waals surface area contributed by atoms with Gasteiger partial charge in [0.2, 0.25) is 5.91 Å². The van der Waals surface area contributed by atoms with E-state index in [0.717, 1.165) is 16.8 Å². The summed E-state index contributed by atoms with van der Waals surface area (Å²) >= 11 is 0. The lowest BCUT2D eigenvalue weighted by molar-refractivity contribution is -0.117. The van der Waals surface area contributed by atoms with Crippen LogP contribution in [0.5, 0.6) is 0 Å². The van der Waals surface area contributed by atoms with E-state index < -0.39 is 23.7 Å². The summed E-state index contributed by atoms with van der Waals surface area (Å²) in [7, 11) is 1.81. The Kier molecular flexibility index (Phi) is 4.56. The maximum Gasteiger partial charge on any atom is 0.272 e. The van der Waals surface area contributed by atoms with Crippen molar-refractivity contribution in [3.05, 3.63) is 71.3 Å². The Morgan fingerprint density at radius 1 is 1.25 bits per heavy atom. The normalized spacial score (nSPS) is 13.7. The van der Waals surface area contributed by atoms with Gasteiger partial charge in [0.05, 0.1) is 23.7 Å². The van der Waals surface area contributed by atoms with E-state index >= 15 is 0 Å². The van der Waals surface area contributed by atoms with Gasteiger partial charge in [-0.25, -0.2) is 9.82 Å². The van der Waals surface area contributed by atoms with Gasteiger partial charge >= 0.3 is 0 Å². The first-order valence-corrected chi connectivity index (χ1v) is 9.75. The highest BCUT2D eigenvalue weighted by atomic mass is 19.1. The van der Waals surface area contributed by atoms with Crippen molar-refractivity contribution in [2.45, 2.75) is 6.04 Å². The number of aromatic amines is 1. The van der Waals surface area contributed by atoms with E-state index in [1.807, 2.05) is 13.2 Å². The van der Waals surface area contributed by atoms with Crippen LogP contribution in [0.15, 0.2) is 53.9 Å². The molecule has 9 nitrogen and oxygen atoms in total. The highest BCUT2D eigenvalue weighted by Crippen LogP contribution is 2.34. The van der Waals surface area contributed by atoms with Crippen LogP contribution in [0.3, 0.4) is 0 Å². The number of anilines is 1. The molecule has 0 spiro atoms. The zero-order valence-electron chi connectivity index (χ0n) is 16.9. The monoisotopic (exact) mass is 431 g/mol. The molecule has 4 aromatic rings. The molecule has 10 heteroatoms. The van der Waals surface area contributed by atoms with E-state index in [4.69, 9.17) is 5.73 Å². The fourth-order valence-electron chi connectivity index (χ4n) is 3.77. The van der Waals surface area contributed by atoms with E-state index in [1.54, 1.807) is 29.2 Å². The molecule has 2 amide bonds. The summed E-state index contributed by atoms with van der Waals surface area (Å²) in [6, 6.07) is 7.70. The third-order valence-electron chi connectivity index (χ3n) is 5.31. The molecule has 1 atom stereocenters. The van der Waals surface area contributed by atoms with Gasteiger partial charge in [-0.1, -0.05) is 12.1 Å². The molecule has 0 aliphatic carbocycles. The van der Waals surface area contributed by atoms with E-state index in [-0.39, 0.29) is 0 Å². The first-order chi connectivity index (χ1) is 15.4. The molecule has 0 radical (unpaired) electrons. The third kappa shape index (κ3) is 3.32. The molecule has 3 heterocycles. The number of nitrogens with two attached hydrogens (primary N) is 1. The fraction of sp³-hybridized carbons (Fsp3) is 0.0909. The van der Waals surface area contributed by atoms with Crippen LogP contribution in [0.1, 0.15) is 27.5 Å². The number of hydrogen-bond donors (Lipinski definition) is 4. The lowest BCUT2D eigenvalue weighted by Gasteiger charge is -2.13. The van der Waals surface area contributed by atoms with E-state index in [0.29, 0.717) is 27.7 Å². The average Bonchev–Trinajstić information content (AvgIpc) is 3.31. The zero-order valence-corrected chi connectivity index (χ0v) is 16.9. The second-order valence-corrected chi connectivity index (χ2v) is 7.48. The summed E-state index contributed by atoms with van der Waals surface area (Å²) in [6.45, 7) is 0. The molecule has 0 saturated carbocycles. The maximum atomic E-state index is 13.2. The smallest absolute Gasteiger partial charge is 0.272 e. The zero-order chi connectivity index (χ0) is 22.4. The molecule has 0 fully saturated rings. The number of rotatable bonds is 4. The number of benzene rings is 2. The first kappa shape index (κ1) is 19.6. The van der Waals surface area contributed by atoms with Crippen molar-refractivity contribution < 1.29 is 14.0 Å². The van der Waals surface area contributed by atoms with Crippen molar-refractivity contribution in [3.63, 3.8) is 0 Å². The van der Waals surface area contributed by atoms with Crippen LogP contribution in [0.2, 0.25) is 0 Å². The quantitative estimate of drug-likeness (QED) is 0.395. The molecular weight excluding hydrogens is 413 g/mol. The molecule has 0 saturated heterocycles. The summed E-state index contributed by atoms with van der Waals surface area (Å²) in [5, 5.41) is 11.6. The minimum absolute atomic E-state index is 0.354. The van der Waals surface area contributed by atoms with Crippen molar-refractivity contribution in [2.75, 3.05) is 5.32 Å². The number of amides is 2. The van der Waals surface area contributed by atoms with Crippen molar-refractivity contribution in [1.29, 1.82) is 0 Å². The lowest BCUT2D eigenvalue weighted by atomic mass is 10.0. The maximum absolute atomic E-state index is 13.2. The molecule has 1 aliphatic rings. The third-order valence-corrected chi connectivity index (χ3v) is 5.31. The first-order valence-electron chi connectivity index (χ1n) is 9.75. The standard InChI is InChI=1S/C22H18FN7O2/c1-30-10-12(8-26-30)20-16-9-25-29-21(31)15-6-14(7-17(28-20)18(15)16)27-22(32)19(24)11-2-4-13(23)5-3-11/h2-10,19,28H,24H2,1H3,(H,27,32)(H,29,31)/t19-/m1/s1. The van der Waals surface area contributed by atoms with Gasteiger partial charge in [-0.05, 0) is 29.8 Å². The molecular formula is C22H18FN7O2. The summed E-state index contributed by atoms with van der Waals surface area (Å²) < 4.78 is 14.8. The Bertz CT molecular complexity index is 1400. The molecule has 0 bridgehead atoms. The lowest BCUT2D eigenvalue weighted by Crippen LogP contribution is -2.28. The SMILES string of the molecule is Cn1cc(-c2[nH]c3cc(NC(=O)[C@H](N)c4ccc(F)cc4)cc4c3c2C=NNC4=O)cn1. The van der Waals surface area contributed by atoms with Crippen molar-refractivity contribution >= 4 is 34.6 Å². The van der Waals surface area contributed by atoms with Gasteiger partial charge in [0.25, 0.3) is 5.91 Å². The number of carbonyl (C=O) groups is 2. The summed E-state index contributed by atoms with van der Waals surface area (Å²) in [4.78, 5) is 28.7. The molecule has 160 valence electrons. The molecule has 0 unspecified atom stereocenters. The number of carbonyl (C=O) groups excluding carboxylic acids is 2. The number of halogens is 1. The van der Waals surface area contributed by atoms with E-state index in [2.05, 4.69) is 25.9 Å². The number of nitrogens with zero attached hydrogens (tertiary/aromatic N) is 3. The minimum atomic E-state index is -1.01. The van der Waals surface area contributed by atoms with Crippen LogP contribution >= 0.6 is 0 Å². The van der Waals surface area contributed by atoms with Crippen molar-refractivity contribution in [3.8, 4) is 11.3 Å². The van der Waals surface area contributed by atoms with Crippen LogP contribution in [0.4, 0.5) is 10.1 Å². The Hall–Kier alpha value is -4.31. The van der Waals surface area contributed by atoms with Gasteiger partial charge in [0, 0.05) is 41.0 Å². The van der Waals surface area contributed by atoms with E-state index in [1.165, 1.54) is 24.3 Å². The molecule has 5 N–H and O–H groups in total. The topological polar surface area (TPSA) is 130 Å². The second kappa shape index (κ2) is 7.43. The summed E-state index contributed by atoms with van der Waals surface area (Å²) in [5.74, 6) is -1.31. The predicted molar refractivity (Wildman–Crippen MR) is 118 cm³/mol. The minimum Gasteiger partial charge on any atom is -0.354 e. The van der Waals surface area contributed by atoms with Crippen molar-refractivity contribution in [2.24, 2.45) is 17.9 Å². The van der Waals surface area contributed by atoms with Gasteiger partial charge in [0.15, 0.2) is 0 Å². The molecule has 2 aromatic heterocycles. The van der Waals surface area contributed by atoms with Crippen LogP contribution in [0.25, 0.3) is 22.2 Å². The molecule has 1 aliphatic heterocycles. The van der Waals surface area contributed by atoms with Gasteiger partial charge in [-0.3, -0.25) is 14.3 Å². The number of nitrogens with one attached hydrogen (secondary N) is 3. The number of hydrogen-bond acceptors (Lipinski definition) is 5. The Labute approximate surface area is 181 Å². The highest BCUT2D eigenvalue weighted by Gasteiger charge is 2.24. The van der Waals surface area contributed by atoms with Crippen LogP contribution in [-0.2, 0) is 11.8 Å². The molecule has 5 rings (SSSR count). The Morgan fingerprint density at radius 3 is 2.75 bits per heavy atom. The number of aromatic nitrogens is 3. The van der Waals surface area contributed by atoms with Crippen LogP contribution in [0, 0.1) is 5.82 Å². The number of hydrazone groups is 1. The highest BCUT2D eigenvalue weighted by molar-refractivity contribution is 6.18. The predicted octanol–water partition coefficient (Wildman–Crippen LogP) is 2.42. The Morgan fingerprint density at radius 2 is 2.03 bits per heavy atom. The van der Waals surface area contributed by atoms with Crippen LogP contribution < -0.4 is 16.5 Å². The average molecular weight is 431 g/mol. The van der Waals surface area contributed by atoms with Gasteiger partial charge in [0.1, 0.15) is 11.9 Å². The van der Waals surface area contributed by atoms with Gasteiger partial charge < -0.3 is 16.0 Å². The van der Waals surface area contributed by atoms with Crippen molar-refractivity contribution in [1.82, 2.24) is 20.2 Å².